The molecule has 114 valence electrons. The van der Waals surface area contributed by atoms with Crippen molar-refractivity contribution in [2.24, 2.45) is 4.99 Å². The van der Waals surface area contributed by atoms with Crippen LogP contribution < -0.4 is 0 Å². The summed E-state index contributed by atoms with van der Waals surface area (Å²) >= 11 is 1.83. The van der Waals surface area contributed by atoms with E-state index in [9.17, 15) is 10.1 Å². The van der Waals surface area contributed by atoms with Gasteiger partial charge in [-0.3, -0.25) is 10.1 Å². The molecule has 0 aromatic heterocycles. The Kier molecular flexibility index (Phi) is 3.22. The van der Waals surface area contributed by atoms with Crippen molar-refractivity contribution in [1.29, 1.82) is 0 Å². The Labute approximate surface area is 133 Å². The summed E-state index contributed by atoms with van der Waals surface area (Å²) in [5.41, 5.74) is 2.05. The van der Waals surface area contributed by atoms with Gasteiger partial charge in [0.1, 0.15) is 0 Å². The molecule has 0 bridgehead atoms. The number of rotatable bonds is 1. The number of thioether (sulfide) groups is 1. The maximum Gasteiger partial charge on any atom is 0.270 e. The third-order valence-corrected chi connectivity index (χ3v) is 6.08. The summed E-state index contributed by atoms with van der Waals surface area (Å²) in [6.45, 7) is 0.841. The first-order valence-corrected chi connectivity index (χ1v) is 8.61. The number of hydrogen-bond acceptors (Lipinski definition) is 5. The topological polar surface area (TPSA) is 58.7 Å². The zero-order valence-corrected chi connectivity index (χ0v) is 13.0. The molecule has 1 aromatic carbocycles. The molecular formula is C16H17N3O2S. The summed E-state index contributed by atoms with van der Waals surface area (Å²) in [7, 11) is 0. The van der Waals surface area contributed by atoms with Crippen LogP contribution in [0.2, 0.25) is 0 Å². The van der Waals surface area contributed by atoms with Gasteiger partial charge in [0.25, 0.3) is 5.69 Å². The van der Waals surface area contributed by atoms with E-state index >= 15 is 0 Å². The molecule has 1 saturated carbocycles. The molecule has 0 radical (unpaired) electrons. The van der Waals surface area contributed by atoms with E-state index in [1.54, 1.807) is 12.1 Å². The highest BCUT2D eigenvalue weighted by molar-refractivity contribution is 8.14. The Balaban J connectivity index is 1.75. The molecule has 5 nitrogen and oxygen atoms in total. The Bertz CT molecular complexity index is 693. The van der Waals surface area contributed by atoms with Crippen molar-refractivity contribution in [3.63, 3.8) is 0 Å². The van der Waals surface area contributed by atoms with Crippen LogP contribution in [0.25, 0.3) is 6.08 Å². The number of aliphatic imine (C=N–C) groups is 1. The number of hydrogen-bond donors (Lipinski definition) is 0. The molecule has 0 unspecified atom stereocenters. The molecule has 3 aliphatic rings. The van der Waals surface area contributed by atoms with Crippen LogP contribution in [-0.2, 0) is 0 Å². The van der Waals surface area contributed by atoms with Gasteiger partial charge in [0.2, 0.25) is 0 Å². The highest BCUT2D eigenvalue weighted by Gasteiger charge is 2.46. The number of nitro benzene ring substituents is 1. The van der Waals surface area contributed by atoms with Crippen LogP contribution in [0.15, 0.2) is 29.3 Å². The smallest absolute Gasteiger partial charge is 0.270 e. The first-order chi connectivity index (χ1) is 10.7. The van der Waals surface area contributed by atoms with E-state index in [2.05, 4.69) is 11.0 Å². The third-order valence-electron chi connectivity index (χ3n) is 4.83. The summed E-state index contributed by atoms with van der Waals surface area (Å²) in [5.74, 6) is 1.11. The van der Waals surface area contributed by atoms with Crippen LogP contribution in [0.1, 0.15) is 31.2 Å². The van der Waals surface area contributed by atoms with E-state index in [0.717, 1.165) is 28.7 Å². The standard InChI is InChI=1S/C16H17N3O2S/c20-19(21)13-5-6-14-12(10-13)4-3-9-18-15(17-14)22-11-16(18)7-1-2-8-16/h3-6,10H,1-2,7-9,11H2/b4-3-,17-15?. The first kappa shape index (κ1) is 13.8. The normalized spacial score (nSPS) is 23.5. The van der Waals surface area contributed by atoms with Crippen LogP contribution >= 0.6 is 11.8 Å². The molecule has 1 aliphatic carbocycles. The minimum Gasteiger partial charge on any atom is -0.341 e. The van der Waals surface area contributed by atoms with Crippen LogP contribution in [0.5, 0.6) is 0 Å². The van der Waals surface area contributed by atoms with Crippen molar-refractivity contribution in [1.82, 2.24) is 4.90 Å². The molecule has 0 N–H and O–H groups in total. The number of benzene rings is 1. The van der Waals surface area contributed by atoms with Crippen molar-refractivity contribution in [3.8, 4) is 0 Å². The average molecular weight is 315 g/mol. The fourth-order valence-electron chi connectivity index (χ4n) is 3.65. The van der Waals surface area contributed by atoms with Gasteiger partial charge in [-0.25, -0.2) is 4.99 Å². The molecule has 6 heteroatoms. The number of nitro groups is 1. The van der Waals surface area contributed by atoms with Crippen molar-refractivity contribution in [2.75, 3.05) is 12.3 Å². The summed E-state index contributed by atoms with van der Waals surface area (Å²) in [6, 6.07) is 4.90. The lowest BCUT2D eigenvalue weighted by Crippen LogP contribution is -2.45. The lowest BCUT2D eigenvalue weighted by molar-refractivity contribution is -0.384. The summed E-state index contributed by atoms with van der Waals surface area (Å²) in [5, 5.41) is 12.0. The quantitative estimate of drug-likeness (QED) is 0.581. The Morgan fingerprint density at radius 2 is 2.14 bits per heavy atom. The fraction of sp³-hybridized carbons (Fsp3) is 0.438. The summed E-state index contributed by atoms with van der Waals surface area (Å²) in [6.07, 6.45) is 9.19. The molecule has 0 amide bonds. The monoisotopic (exact) mass is 315 g/mol. The van der Waals surface area contributed by atoms with Crippen molar-refractivity contribution < 1.29 is 4.92 Å². The fourth-order valence-corrected chi connectivity index (χ4v) is 5.08. The zero-order chi connectivity index (χ0) is 15.2. The minimum atomic E-state index is -0.357. The Morgan fingerprint density at radius 1 is 1.32 bits per heavy atom. The van der Waals surface area contributed by atoms with E-state index in [4.69, 9.17) is 4.99 Å². The molecule has 1 spiro atoms. The van der Waals surface area contributed by atoms with Crippen molar-refractivity contribution in [2.45, 2.75) is 31.2 Å². The highest BCUT2D eigenvalue weighted by Crippen LogP contribution is 2.45. The van der Waals surface area contributed by atoms with E-state index < -0.39 is 0 Å². The first-order valence-electron chi connectivity index (χ1n) is 7.62. The number of amidine groups is 1. The van der Waals surface area contributed by atoms with Crippen LogP contribution in [0, 0.1) is 10.1 Å². The molecule has 22 heavy (non-hydrogen) atoms. The van der Waals surface area contributed by atoms with Crippen molar-refractivity contribution in [3.05, 3.63) is 40.0 Å². The predicted octanol–water partition coefficient (Wildman–Crippen LogP) is 3.97. The maximum atomic E-state index is 10.9. The molecule has 2 aliphatic heterocycles. The molecule has 2 heterocycles. The Morgan fingerprint density at radius 3 is 2.91 bits per heavy atom. The molecule has 4 rings (SSSR count). The van der Waals surface area contributed by atoms with E-state index in [0.29, 0.717) is 0 Å². The minimum absolute atomic E-state index is 0.118. The number of fused-ring (bicyclic) bond motifs is 3. The Hall–Kier alpha value is -1.82. The maximum absolute atomic E-state index is 10.9. The SMILES string of the molecule is O=[N+]([O-])c1ccc2c(c1)/C=C\CN1C(=N2)SCC12CCCC2. The van der Waals surface area contributed by atoms with Gasteiger partial charge in [0.05, 0.1) is 16.1 Å². The van der Waals surface area contributed by atoms with Gasteiger partial charge in [-0.1, -0.05) is 36.8 Å². The number of nitrogens with zero attached hydrogens (tertiary/aromatic N) is 3. The van der Waals surface area contributed by atoms with Gasteiger partial charge in [-0.2, -0.15) is 0 Å². The molecule has 1 aromatic rings. The number of non-ortho nitro benzene ring substituents is 1. The second-order valence-corrected chi connectivity index (χ2v) is 7.07. The van der Waals surface area contributed by atoms with Gasteiger partial charge in [0, 0.05) is 30.0 Å². The second-order valence-electron chi connectivity index (χ2n) is 6.13. The second kappa shape index (κ2) is 5.12. The summed E-state index contributed by atoms with van der Waals surface area (Å²) < 4.78 is 0. The molecule has 2 fully saturated rings. The molecule has 1 saturated heterocycles. The molecular weight excluding hydrogens is 298 g/mol. The van der Waals surface area contributed by atoms with Gasteiger partial charge in [-0.15, -0.1) is 0 Å². The van der Waals surface area contributed by atoms with E-state index in [1.165, 1.54) is 31.7 Å². The van der Waals surface area contributed by atoms with E-state index in [1.807, 2.05) is 17.8 Å². The average Bonchev–Trinajstić information content (AvgIpc) is 3.07. The van der Waals surface area contributed by atoms with Gasteiger partial charge in [0.15, 0.2) is 5.17 Å². The molecule has 0 atom stereocenters. The predicted molar refractivity (Wildman–Crippen MR) is 89.6 cm³/mol. The van der Waals surface area contributed by atoms with Gasteiger partial charge < -0.3 is 4.90 Å². The highest BCUT2D eigenvalue weighted by atomic mass is 32.2. The third kappa shape index (κ3) is 2.13. The van der Waals surface area contributed by atoms with Crippen LogP contribution in [0.3, 0.4) is 0 Å². The van der Waals surface area contributed by atoms with Crippen LogP contribution in [-0.4, -0.2) is 32.8 Å². The van der Waals surface area contributed by atoms with Crippen molar-refractivity contribution >= 4 is 34.4 Å². The van der Waals surface area contributed by atoms with Gasteiger partial charge >= 0.3 is 0 Å². The summed E-state index contributed by atoms with van der Waals surface area (Å²) in [4.78, 5) is 17.8. The van der Waals surface area contributed by atoms with Gasteiger partial charge in [-0.05, 0) is 18.9 Å². The lowest BCUT2D eigenvalue weighted by Gasteiger charge is -2.35. The largest absolute Gasteiger partial charge is 0.341 e. The van der Waals surface area contributed by atoms with E-state index in [-0.39, 0.29) is 16.1 Å². The lowest BCUT2D eigenvalue weighted by atomic mass is 9.98. The zero-order valence-electron chi connectivity index (χ0n) is 12.2. The van der Waals surface area contributed by atoms with Crippen LogP contribution in [0.4, 0.5) is 11.4 Å².